The highest BCUT2D eigenvalue weighted by molar-refractivity contribution is 5.91. The number of pyridine rings is 1. The van der Waals surface area contributed by atoms with Gasteiger partial charge in [-0.15, -0.1) is 0 Å². The van der Waals surface area contributed by atoms with Crippen LogP contribution >= 0.6 is 0 Å². The summed E-state index contributed by atoms with van der Waals surface area (Å²) in [6, 6.07) is 4.92. The summed E-state index contributed by atoms with van der Waals surface area (Å²) in [5, 5.41) is 14.7. The van der Waals surface area contributed by atoms with Crippen LogP contribution in [-0.4, -0.2) is 88.1 Å². The summed E-state index contributed by atoms with van der Waals surface area (Å²) in [6.07, 6.45) is 3.82. The summed E-state index contributed by atoms with van der Waals surface area (Å²) in [6.45, 7) is 12.8. The van der Waals surface area contributed by atoms with Crippen molar-refractivity contribution < 1.29 is 28.2 Å². The van der Waals surface area contributed by atoms with Crippen LogP contribution in [0.15, 0.2) is 59.6 Å². The number of benzene rings is 1. The lowest BCUT2D eigenvalue weighted by Gasteiger charge is -2.40. The molecule has 4 heterocycles. The Balaban J connectivity index is 1.78. The smallest absolute Gasteiger partial charge is 0.355 e. The van der Waals surface area contributed by atoms with E-state index in [0.717, 1.165) is 10.6 Å². The zero-order chi connectivity index (χ0) is 33.8. The van der Waals surface area contributed by atoms with Gasteiger partial charge in [-0.05, 0) is 56.3 Å². The molecule has 2 aromatic heterocycles. The average Bonchev–Trinajstić information content (AvgIpc) is 3.04. The van der Waals surface area contributed by atoms with Gasteiger partial charge in [-0.25, -0.2) is 18.6 Å². The van der Waals surface area contributed by atoms with E-state index in [1.54, 1.807) is 24.1 Å². The van der Waals surface area contributed by atoms with Gasteiger partial charge in [0.15, 0.2) is 11.5 Å². The highest BCUT2D eigenvalue weighted by Crippen LogP contribution is 2.37. The van der Waals surface area contributed by atoms with Gasteiger partial charge in [0.25, 0.3) is 0 Å². The molecule has 250 valence electrons. The number of piperazine rings is 1. The summed E-state index contributed by atoms with van der Waals surface area (Å²) in [4.78, 5) is 38.7. The average molecular weight is 651 g/mol. The summed E-state index contributed by atoms with van der Waals surface area (Å²) in [5.41, 5.74) is -0.964. The summed E-state index contributed by atoms with van der Waals surface area (Å²) >= 11 is 0. The Morgan fingerprint density at radius 3 is 2.74 bits per heavy atom. The second kappa shape index (κ2) is 14.4. The monoisotopic (exact) mass is 650 g/mol. The lowest BCUT2D eigenvalue weighted by atomic mass is 10.0. The van der Waals surface area contributed by atoms with E-state index >= 15 is 8.78 Å². The lowest BCUT2D eigenvalue weighted by molar-refractivity contribution is -0.126. The number of ether oxygens (including phenoxy) is 2. The van der Waals surface area contributed by atoms with Crippen LogP contribution in [0.1, 0.15) is 27.7 Å². The van der Waals surface area contributed by atoms with E-state index < -0.39 is 29.5 Å². The molecule has 1 fully saturated rings. The molecule has 13 heteroatoms. The van der Waals surface area contributed by atoms with Crippen LogP contribution < -0.4 is 20.6 Å². The Bertz CT molecular complexity index is 1770. The molecule has 0 spiro atoms. The number of hydrogen-bond acceptors (Lipinski definition) is 9. The first-order chi connectivity index (χ1) is 22.5. The molecule has 11 nitrogen and oxygen atoms in total. The molecule has 2 unspecified atom stereocenters. The molecule has 2 bridgehead atoms. The van der Waals surface area contributed by atoms with Crippen molar-refractivity contribution in [3.05, 3.63) is 76.9 Å². The molecular weight excluding hydrogens is 610 g/mol. The number of nitrogens with zero attached hydrogens (tertiary/aromatic N) is 5. The molecule has 2 N–H and O–H groups in total. The van der Waals surface area contributed by atoms with Crippen LogP contribution in [0.25, 0.3) is 28.5 Å². The van der Waals surface area contributed by atoms with Crippen molar-refractivity contribution in [3.8, 4) is 17.0 Å². The van der Waals surface area contributed by atoms with E-state index in [1.807, 2.05) is 11.8 Å². The number of aromatic nitrogens is 3. The van der Waals surface area contributed by atoms with Crippen LogP contribution in [0.5, 0.6) is 5.75 Å². The molecule has 5 rings (SSSR count). The highest BCUT2D eigenvalue weighted by atomic mass is 19.1. The molecule has 0 radical (unpaired) electrons. The van der Waals surface area contributed by atoms with E-state index in [0.29, 0.717) is 37.7 Å². The third-order valence-corrected chi connectivity index (χ3v) is 8.06. The highest BCUT2D eigenvalue weighted by Gasteiger charge is 2.31. The molecule has 3 atom stereocenters. The van der Waals surface area contributed by atoms with Crippen molar-refractivity contribution in [2.75, 3.05) is 44.3 Å². The van der Waals surface area contributed by atoms with E-state index in [2.05, 4.69) is 35.7 Å². The quantitative estimate of drug-likeness (QED) is 0.352. The SMILES string of the molecule is C=CC(=O)N1CCN(c2nc(=O)n3c4nc(c(F)cc24)-c2c(F)cccc2OCC(O)C(OCC)C(/C=C\NCC(C)C)=C\3)[C@@H](C)C1. The number of hydrogen-bond donors (Lipinski definition) is 2. The minimum atomic E-state index is -1.27. The van der Waals surface area contributed by atoms with Crippen molar-refractivity contribution in [2.24, 2.45) is 5.92 Å². The maximum Gasteiger partial charge on any atom is 0.355 e. The number of anilines is 1. The normalized spacial score (nSPS) is 21.2. The Kier molecular flexibility index (Phi) is 10.4. The third kappa shape index (κ3) is 7.05. The van der Waals surface area contributed by atoms with Crippen molar-refractivity contribution in [1.82, 2.24) is 24.8 Å². The number of rotatable bonds is 8. The second-order valence-corrected chi connectivity index (χ2v) is 11.9. The minimum Gasteiger partial charge on any atom is -0.490 e. The molecule has 0 saturated carbocycles. The van der Waals surface area contributed by atoms with Gasteiger partial charge in [0, 0.05) is 50.6 Å². The van der Waals surface area contributed by atoms with Gasteiger partial charge in [-0.2, -0.15) is 4.98 Å². The predicted molar refractivity (Wildman–Crippen MR) is 176 cm³/mol. The number of carbonyl (C=O) groups is 1. The molecule has 47 heavy (non-hydrogen) atoms. The summed E-state index contributed by atoms with van der Waals surface area (Å²) in [5.74, 6) is -1.37. The van der Waals surface area contributed by atoms with Crippen molar-refractivity contribution >= 4 is 29.0 Å². The van der Waals surface area contributed by atoms with Gasteiger partial charge in [0.1, 0.15) is 41.9 Å². The number of halogens is 2. The van der Waals surface area contributed by atoms with Crippen molar-refractivity contribution in [1.29, 1.82) is 0 Å². The third-order valence-electron chi connectivity index (χ3n) is 8.06. The Morgan fingerprint density at radius 2 is 2.04 bits per heavy atom. The van der Waals surface area contributed by atoms with Crippen LogP contribution in [0, 0.1) is 17.6 Å². The number of nitrogens with one attached hydrogen (secondary N) is 1. The van der Waals surface area contributed by atoms with Gasteiger partial charge < -0.3 is 29.7 Å². The first-order valence-corrected chi connectivity index (χ1v) is 15.7. The fraction of sp³-hybridized carbons (Fsp3) is 0.412. The first-order valence-electron chi connectivity index (χ1n) is 15.7. The molecule has 0 aliphatic carbocycles. The Hall–Kier alpha value is -4.62. The number of amides is 1. The molecule has 1 saturated heterocycles. The van der Waals surface area contributed by atoms with E-state index in [9.17, 15) is 14.7 Å². The van der Waals surface area contributed by atoms with Crippen LogP contribution in [-0.2, 0) is 9.53 Å². The molecular formula is C34H40F2N6O5. The maximum absolute atomic E-state index is 16.1. The van der Waals surface area contributed by atoms with Crippen molar-refractivity contribution in [2.45, 2.75) is 45.9 Å². The maximum atomic E-state index is 16.1. The lowest BCUT2D eigenvalue weighted by Crippen LogP contribution is -2.54. The van der Waals surface area contributed by atoms with Gasteiger partial charge in [-0.3, -0.25) is 9.36 Å². The Morgan fingerprint density at radius 1 is 1.26 bits per heavy atom. The van der Waals surface area contributed by atoms with Crippen molar-refractivity contribution in [3.63, 3.8) is 0 Å². The summed E-state index contributed by atoms with van der Waals surface area (Å²) in [7, 11) is 0. The first kappa shape index (κ1) is 33.7. The van der Waals surface area contributed by atoms with E-state index in [4.69, 9.17) is 9.47 Å². The molecule has 3 aromatic rings. The number of carbonyl (C=O) groups excluding carboxylic acids is 1. The summed E-state index contributed by atoms with van der Waals surface area (Å²) < 4.78 is 44.5. The Labute approximate surface area is 271 Å². The molecule has 1 amide bonds. The van der Waals surface area contributed by atoms with Gasteiger partial charge >= 0.3 is 5.69 Å². The largest absolute Gasteiger partial charge is 0.490 e. The number of aliphatic hydroxyl groups excluding tert-OH is 1. The predicted octanol–water partition coefficient (Wildman–Crippen LogP) is 3.72. The molecule has 2 aliphatic heterocycles. The van der Waals surface area contributed by atoms with Gasteiger partial charge in [-0.1, -0.05) is 26.5 Å². The molecule has 2 aliphatic rings. The molecule has 1 aromatic carbocycles. The fourth-order valence-corrected chi connectivity index (χ4v) is 5.78. The van der Waals surface area contributed by atoms with E-state index in [-0.39, 0.29) is 59.0 Å². The standard InChI is InChI=1S/C34H40F2N6O5/c1-6-28(44)40-13-14-41(21(5)17-40)33-23-15-25(36)30-29-24(35)9-8-10-27(29)47-19-26(43)31(46-7-2)22(11-12-37-16-20(3)4)18-42(32(23)38-30)34(45)39-33/h6,8-12,15,18,20-21,26,31,37,43H,1,7,13-14,16-17,19H2,2-5H3/b12-11-,22-18-/t21-,26?,31?/m0/s1. The van der Waals surface area contributed by atoms with Crippen LogP contribution in [0.2, 0.25) is 0 Å². The zero-order valence-electron chi connectivity index (χ0n) is 27.0. The van der Waals surface area contributed by atoms with Gasteiger partial charge in [0.05, 0.1) is 10.9 Å². The van der Waals surface area contributed by atoms with Crippen LogP contribution in [0.3, 0.4) is 0 Å². The second-order valence-electron chi connectivity index (χ2n) is 11.9. The van der Waals surface area contributed by atoms with E-state index in [1.165, 1.54) is 30.5 Å². The fourth-order valence-electron chi connectivity index (χ4n) is 5.78. The number of fused-ring (bicyclic) bond motifs is 3. The van der Waals surface area contributed by atoms with Crippen LogP contribution in [0.4, 0.5) is 14.6 Å². The topological polar surface area (TPSA) is 122 Å². The minimum absolute atomic E-state index is 0.00810. The number of aliphatic hydroxyl groups is 1. The zero-order valence-corrected chi connectivity index (χ0v) is 27.0. The van der Waals surface area contributed by atoms with Gasteiger partial charge in [0.2, 0.25) is 5.91 Å².